The number of carbonyl (C=O) groups excluding carboxylic acids is 1. The minimum atomic E-state index is -0.936. The van der Waals surface area contributed by atoms with Gasteiger partial charge < -0.3 is 15.1 Å². The van der Waals surface area contributed by atoms with Crippen LogP contribution in [-0.4, -0.2) is 46.7 Å². The quantitative estimate of drug-likeness (QED) is 0.750. The van der Waals surface area contributed by atoms with Gasteiger partial charge in [0, 0.05) is 24.9 Å². The van der Waals surface area contributed by atoms with Crippen LogP contribution >= 0.6 is 0 Å². The molecule has 2 atom stereocenters. The van der Waals surface area contributed by atoms with Gasteiger partial charge in [-0.25, -0.2) is 0 Å². The molecule has 1 aliphatic heterocycles. The van der Waals surface area contributed by atoms with E-state index in [1.54, 1.807) is 4.90 Å². The van der Waals surface area contributed by atoms with Crippen LogP contribution in [0.4, 0.5) is 0 Å². The number of carboxylic acid groups (broad SMARTS) is 1. The van der Waals surface area contributed by atoms with E-state index in [1.165, 1.54) is 0 Å². The van der Waals surface area contributed by atoms with E-state index in [-0.39, 0.29) is 30.8 Å². The van der Waals surface area contributed by atoms with E-state index in [9.17, 15) is 14.7 Å². The zero-order valence-electron chi connectivity index (χ0n) is 9.89. The molecular formula is C12H19NO4. The zero-order chi connectivity index (χ0) is 12.5. The zero-order valence-corrected chi connectivity index (χ0v) is 9.89. The highest BCUT2D eigenvalue weighted by Crippen LogP contribution is 2.48. The van der Waals surface area contributed by atoms with Crippen LogP contribution in [0, 0.1) is 11.3 Å². The number of nitrogens with zero attached hydrogens (tertiary/aromatic N) is 1. The van der Waals surface area contributed by atoms with Crippen LogP contribution in [-0.2, 0) is 9.59 Å². The van der Waals surface area contributed by atoms with E-state index < -0.39 is 5.97 Å². The lowest BCUT2D eigenvalue weighted by molar-refractivity contribution is -0.140. The maximum Gasteiger partial charge on any atom is 0.303 e. The molecule has 1 amide bonds. The number of hydrogen-bond acceptors (Lipinski definition) is 3. The maximum absolute atomic E-state index is 11.8. The molecule has 2 fully saturated rings. The maximum atomic E-state index is 11.8. The molecule has 0 spiro atoms. The first-order chi connectivity index (χ1) is 8.07. The highest BCUT2D eigenvalue weighted by atomic mass is 16.4. The van der Waals surface area contributed by atoms with Crippen molar-refractivity contribution in [1.29, 1.82) is 0 Å². The SMILES string of the molecule is O=C(O)CCC(=O)N1C[C@H]2CCC[C@@]2(CO)C1. The largest absolute Gasteiger partial charge is 0.481 e. The van der Waals surface area contributed by atoms with Crippen molar-refractivity contribution in [2.45, 2.75) is 32.1 Å². The Balaban J connectivity index is 1.93. The number of aliphatic hydroxyl groups is 1. The number of aliphatic carboxylic acids is 1. The van der Waals surface area contributed by atoms with E-state index in [4.69, 9.17) is 5.11 Å². The molecule has 1 heterocycles. The monoisotopic (exact) mass is 241 g/mol. The van der Waals surface area contributed by atoms with Gasteiger partial charge in [0.2, 0.25) is 5.91 Å². The van der Waals surface area contributed by atoms with Crippen molar-refractivity contribution in [2.75, 3.05) is 19.7 Å². The summed E-state index contributed by atoms with van der Waals surface area (Å²) in [5.41, 5.74) is -0.0983. The Morgan fingerprint density at radius 1 is 1.35 bits per heavy atom. The molecule has 2 aliphatic rings. The molecule has 5 nitrogen and oxygen atoms in total. The molecule has 0 unspecified atom stereocenters. The van der Waals surface area contributed by atoms with Crippen LogP contribution in [0.1, 0.15) is 32.1 Å². The van der Waals surface area contributed by atoms with Crippen LogP contribution in [0.3, 0.4) is 0 Å². The second-order valence-electron chi connectivity index (χ2n) is 5.28. The van der Waals surface area contributed by atoms with Crippen LogP contribution in [0.15, 0.2) is 0 Å². The third-order valence-corrected chi connectivity index (χ3v) is 4.26. The number of carboxylic acids is 1. The van der Waals surface area contributed by atoms with Crippen LogP contribution in [0.25, 0.3) is 0 Å². The third kappa shape index (κ3) is 2.29. The molecule has 5 heteroatoms. The fourth-order valence-electron chi connectivity index (χ4n) is 3.23. The van der Waals surface area contributed by atoms with Crippen LogP contribution in [0.5, 0.6) is 0 Å². The molecule has 1 saturated heterocycles. The summed E-state index contributed by atoms with van der Waals surface area (Å²) >= 11 is 0. The molecule has 17 heavy (non-hydrogen) atoms. The van der Waals surface area contributed by atoms with Crippen LogP contribution < -0.4 is 0 Å². The molecule has 0 aromatic rings. The number of rotatable bonds is 4. The van der Waals surface area contributed by atoms with Gasteiger partial charge in [0.05, 0.1) is 13.0 Å². The Morgan fingerprint density at radius 3 is 2.71 bits per heavy atom. The minimum Gasteiger partial charge on any atom is -0.481 e. The summed E-state index contributed by atoms with van der Waals surface area (Å²) in [6.45, 7) is 1.44. The summed E-state index contributed by atoms with van der Waals surface area (Å²) in [5.74, 6) is -0.620. The van der Waals surface area contributed by atoms with Crippen molar-refractivity contribution in [1.82, 2.24) is 4.90 Å². The van der Waals surface area contributed by atoms with Crippen molar-refractivity contribution in [3.05, 3.63) is 0 Å². The van der Waals surface area contributed by atoms with Gasteiger partial charge >= 0.3 is 5.97 Å². The topological polar surface area (TPSA) is 77.8 Å². The van der Waals surface area contributed by atoms with Crippen molar-refractivity contribution in [3.8, 4) is 0 Å². The summed E-state index contributed by atoms with van der Waals surface area (Å²) in [5, 5.41) is 18.1. The molecule has 0 aromatic heterocycles. The second kappa shape index (κ2) is 4.64. The molecule has 1 aliphatic carbocycles. The average Bonchev–Trinajstić information content (AvgIpc) is 2.82. The Bertz CT molecular complexity index is 330. The molecule has 0 radical (unpaired) electrons. The minimum absolute atomic E-state index is 0.0730. The Kier molecular flexibility index (Phi) is 3.38. The molecule has 1 saturated carbocycles. The molecule has 96 valence electrons. The first-order valence-electron chi connectivity index (χ1n) is 6.18. The standard InChI is InChI=1S/C12H19NO4/c14-8-12-5-1-2-9(12)6-13(7-12)10(15)3-4-11(16)17/h9,14H,1-8H2,(H,16,17)/t9-,12+/m1/s1. The first-order valence-corrected chi connectivity index (χ1v) is 6.18. The summed E-state index contributed by atoms with van der Waals surface area (Å²) < 4.78 is 0. The lowest BCUT2D eigenvalue weighted by Gasteiger charge is -2.25. The van der Waals surface area contributed by atoms with Crippen LogP contribution in [0.2, 0.25) is 0 Å². The molecular weight excluding hydrogens is 222 g/mol. The van der Waals surface area contributed by atoms with Gasteiger partial charge in [-0.15, -0.1) is 0 Å². The van der Waals surface area contributed by atoms with Gasteiger partial charge in [0.25, 0.3) is 0 Å². The van der Waals surface area contributed by atoms with Gasteiger partial charge in [0.15, 0.2) is 0 Å². The van der Waals surface area contributed by atoms with Gasteiger partial charge in [-0.2, -0.15) is 0 Å². The van der Waals surface area contributed by atoms with Gasteiger partial charge in [-0.3, -0.25) is 9.59 Å². The second-order valence-corrected chi connectivity index (χ2v) is 5.28. The van der Waals surface area contributed by atoms with E-state index in [1.807, 2.05) is 0 Å². The Labute approximate surface area is 100 Å². The van der Waals surface area contributed by atoms with Gasteiger partial charge in [-0.1, -0.05) is 6.42 Å². The van der Waals surface area contributed by atoms with Crippen molar-refractivity contribution in [2.24, 2.45) is 11.3 Å². The molecule has 0 aromatic carbocycles. The molecule has 0 bridgehead atoms. The van der Waals surface area contributed by atoms with E-state index >= 15 is 0 Å². The first kappa shape index (κ1) is 12.4. The number of likely N-dealkylation sites (tertiary alicyclic amines) is 1. The van der Waals surface area contributed by atoms with Gasteiger partial charge in [0.1, 0.15) is 0 Å². The van der Waals surface area contributed by atoms with Crippen molar-refractivity contribution >= 4 is 11.9 Å². The summed E-state index contributed by atoms with van der Waals surface area (Å²) in [7, 11) is 0. The fraction of sp³-hybridized carbons (Fsp3) is 0.833. The number of carbonyl (C=O) groups is 2. The van der Waals surface area contributed by atoms with E-state index in [0.717, 1.165) is 19.3 Å². The lowest BCUT2D eigenvalue weighted by atomic mass is 9.82. The van der Waals surface area contributed by atoms with Crippen molar-refractivity contribution in [3.63, 3.8) is 0 Å². The van der Waals surface area contributed by atoms with E-state index in [2.05, 4.69) is 0 Å². The highest BCUT2D eigenvalue weighted by molar-refractivity contribution is 5.81. The highest BCUT2D eigenvalue weighted by Gasteiger charge is 2.49. The smallest absolute Gasteiger partial charge is 0.303 e. The van der Waals surface area contributed by atoms with Gasteiger partial charge in [-0.05, 0) is 18.8 Å². The predicted octanol–water partition coefficient (Wildman–Crippen LogP) is 0.472. The average molecular weight is 241 g/mol. The lowest BCUT2D eigenvalue weighted by Crippen LogP contribution is -2.34. The number of aliphatic hydroxyl groups excluding tert-OH is 1. The normalized spacial score (nSPS) is 31.6. The fourth-order valence-corrected chi connectivity index (χ4v) is 3.23. The summed E-state index contributed by atoms with van der Waals surface area (Å²) in [6.07, 6.45) is 3.15. The molecule has 2 rings (SSSR count). The summed E-state index contributed by atoms with van der Waals surface area (Å²) in [4.78, 5) is 24.0. The molecule has 2 N–H and O–H groups in total. The third-order valence-electron chi connectivity index (χ3n) is 4.26. The number of hydrogen-bond donors (Lipinski definition) is 2. The summed E-state index contributed by atoms with van der Waals surface area (Å²) in [6, 6.07) is 0. The number of amides is 1. The number of fused-ring (bicyclic) bond motifs is 1. The Morgan fingerprint density at radius 2 is 2.12 bits per heavy atom. The Hall–Kier alpha value is -1.10. The van der Waals surface area contributed by atoms with Crippen molar-refractivity contribution < 1.29 is 19.8 Å². The predicted molar refractivity (Wildman–Crippen MR) is 60.3 cm³/mol. The van der Waals surface area contributed by atoms with E-state index in [0.29, 0.717) is 19.0 Å².